The van der Waals surface area contributed by atoms with E-state index in [4.69, 9.17) is 4.74 Å². The molecule has 0 aromatic heterocycles. The number of ether oxygens (including phenoxy) is 1. The highest BCUT2D eigenvalue weighted by molar-refractivity contribution is 5.98. The van der Waals surface area contributed by atoms with E-state index in [0.29, 0.717) is 29.2 Å². The Morgan fingerprint density at radius 1 is 1.05 bits per heavy atom. The van der Waals surface area contributed by atoms with Crippen molar-refractivity contribution in [1.29, 1.82) is 0 Å². The number of para-hydroxylation sites is 1. The molecule has 2 aromatic rings. The Hall–Kier alpha value is -3.87. The van der Waals surface area contributed by atoms with Crippen LogP contribution in [0.25, 0.3) is 0 Å². The number of benzene rings is 2. The second-order valence-electron chi connectivity index (χ2n) is 9.97. The predicted molar refractivity (Wildman–Crippen MR) is 143 cm³/mol. The van der Waals surface area contributed by atoms with Gasteiger partial charge in [-0.25, -0.2) is 4.79 Å². The first-order valence-corrected chi connectivity index (χ1v) is 12.7. The molecule has 196 valence electrons. The summed E-state index contributed by atoms with van der Waals surface area (Å²) in [5, 5.41) is 15.2. The van der Waals surface area contributed by atoms with Crippen molar-refractivity contribution in [2.45, 2.75) is 65.5 Å². The molecule has 7 heteroatoms. The summed E-state index contributed by atoms with van der Waals surface area (Å²) in [5.41, 5.74) is 4.33. The number of aryl methyl sites for hydroxylation is 2. The van der Waals surface area contributed by atoms with Crippen LogP contribution in [0.1, 0.15) is 62.3 Å². The van der Waals surface area contributed by atoms with Gasteiger partial charge in [0.05, 0.1) is 12.1 Å². The number of carboxylic acid groups (broad SMARTS) is 1. The first-order chi connectivity index (χ1) is 17.6. The second kappa shape index (κ2) is 12.9. The van der Waals surface area contributed by atoms with Gasteiger partial charge in [0.25, 0.3) is 5.91 Å². The Balaban J connectivity index is 1.81. The van der Waals surface area contributed by atoms with Crippen LogP contribution in [0.4, 0.5) is 4.79 Å². The van der Waals surface area contributed by atoms with Crippen molar-refractivity contribution in [3.05, 3.63) is 88.5 Å². The first kappa shape index (κ1) is 27.7. The molecule has 2 atom stereocenters. The first-order valence-electron chi connectivity index (χ1n) is 12.7. The van der Waals surface area contributed by atoms with Crippen molar-refractivity contribution < 1.29 is 24.2 Å². The molecule has 37 heavy (non-hydrogen) atoms. The predicted octanol–water partition coefficient (Wildman–Crippen LogP) is 5.79. The van der Waals surface area contributed by atoms with Crippen LogP contribution in [0.3, 0.4) is 0 Å². The molecule has 0 saturated carbocycles. The minimum atomic E-state index is -0.930. The van der Waals surface area contributed by atoms with Crippen LogP contribution < -0.4 is 15.4 Å². The smallest absolute Gasteiger partial charge is 0.413 e. The largest absolute Gasteiger partial charge is 0.481 e. The van der Waals surface area contributed by atoms with E-state index >= 15 is 0 Å². The van der Waals surface area contributed by atoms with Crippen LogP contribution in [0.5, 0.6) is 5.75 Å². The third-order valence-electron chi connectivity index (χ3n) is 6.10. The lowest BCUT2D eigenvalue weighted by Gasteiger charge is -2.26. The van der Waals surface area contributed by atoms with E-state index in [1.807, 2.05) is 26.0 Å². The standard InChI is InChI=1S/C30H36N2O5/c1-19(2)14-27(23-16-20(3)15-21(4)17-23)32-29(35)26-18-24(12-10-22(26)11-13-28(33)34)31-30(36)37-25-8-6-5-7-9-25/h5-10,15-19,24,27H,11-14H2,1-4H3,(H,31,36)(H,32,35)(H,33,34). The van der Waals surface area contributed by atoms with Gasteiger partial charge in [0, 0.05) is 12.0 Å². The van der Waals surface area contributed by atoms with Crippen molar-refractivity contribution in [3.63, 3.8) is 0 Å². The lowest BCUT2D eigenvalue weighted by atomic mass is 9.89. The van der Waals surface area contributed by atoms with E-state index in [1.54, 1.807) is 30.3 Å². The number of carboxylic acids is 1. The fourth-order valence-electron chi connectivity index (χ4n) is 4.53. The summed E-state index contributed by atoms with van der Waals surface area (Å²) in [6.45, 7) is 8.29. The molecule has 0 heterocycles. The van der Waals surface area contributed by atoms with Gasteiger partial charge in [0.2, 0.25) is 0 Å². The van der Waals surface area contributed by atoms with E-state index in [0.717, 1.165) is 23.1 Å². The SMILES string of the molecule is Cc1cc(C)cc(C(CC(C)C)NC(=O)C2=CC(NC(=O)Oc3ccccc3)CC=C2CCC(=O)O)c1. The lowest BCUT2D eigenvalue weighted by Crippen LogP contribution is -2.38. The quantitative estimate of drug-likeness (QED) is 0.380. The molecule has 2 amide bonds. The van der Waals surface area contributed by atoms with Crippen LogP contribution in [-0.4, -0.2) is 29.1 Å². The van der Waals surface area contributed by atoms with Crippen LogP contribution >= 0.6 is 0 Å². The van der Waals surface area contributed by atoms with Gasteiger partial charge in [-0.2, -0.15) is 0 Å². The summed E-state index contributed by atoms with van der Waals surface area (Å²) in [6.07, 6.45) is 4.24. The van der Waals surface area contributed by atoms with Gasteiger partial charge in [-0.15, -0.1) is 0 Å². The summed E-state index contributed by atoms with van der Waals surface area (Å²) in [6, 6.07) is 14.3. The Morgan fingerprint density at radius 3 is 2.35 bits per heavy atom. The summed E-state index contributed by atoms with van der Waals surface area (Å²) in [5.74, 6) is -0.458. The number of amides is 2. The molecule has 0 aliphatic heterocycles. The van der Waals surface area contributed by atoms with Gasteiger partial charge in [0.1, 0.15) is 5.75 Å². The van der Waals surface area contributed by atoms with Crippen LogP contribution in [-0.2, 0) is 9.59 Å². The molecule has 2 unspecified atom stereocenters. The lowest BCUT2D eigenvalue weighted by molar-refractivity contribution is -0.137. The van der Waals surface area contributed by atoms with Gasteiger partial charge in [-0.3, -0.25) is 9.59 Å². The maximum atomic E-state index is 13.6. The summed E-state index contributed by atoms with van der Waals surface area (Å²) < 4.78 is 5.33. The molecular weight excluding hydrogens is 468 g/mol. The second-order valence-corrected chi connectivity index (χ2v) is 9.97. The zero-order valence-corrected chi connectivity index (χ0v) is 21.9. The normalized spacial score (nSPS) is 15.9. The molecule has 0 fully saturated rings. The highest BCUT2D eigenvalue weighted by Crippen LogP contribution is 2.28. The van der Waals surface area contributed by atoms with Crippen molar-refractivity contribution in [2.24, 2.45) is 5.92 Å². The molecule has 3 N–H and O–H groups in total. The van der Waals surface area contributed by atoms with Crippen molar-refractivity contribution >= 4 is 18.0 Å². The number of carbonyl (C=O) groups is 3. The summed E-state index contributed by atoms with van der Waals surface area (Å²) >= 11 is 0. The van der Waals surface area contributed by atoms with E-state index in [1.165, 1.54) is 0 Å². The molecule has 1 aliphatic carbocycles. The fraction of sp³-hybridized carbons (Fsp3) is 0.367. The summed E-state index contributed by atoms with van der Waals surface area (Å²) in [4.78, 5) is 37.3. The molecule has 7 nitrogen and oxygen atoms in total. The van der Waals surface area contributed by atoms with E-state index in [-0.39, 0.29) is 24.8 Å². The van der Waals surface area contributed by atoms with E-state index in [9.17, 15) is 19.5 Å². The average Bonchev–Trinajstić information content (AvgIpc) is 2.82. The Morgan fingerprint density at radius 2 is 1.73 bits per heavy atom. The highest BCUT2D eigenvalue weighted by atomic mass is 16.6. The zero-order chi connectivity index (χ0) is 26.9. The minimum absolute atomic E-state index is 0.0862. The summed E-state index contributed by atoms with van der Waals surface area (Å²) in [7, 11) is 0. The Labute approximate surface area is 218 Å². The monoisotopic (exact) mass is 504 g/mol. The van der Waals surface area contributed by atoms with Gasteiger partial charge in [-0.1, -0.05) is 67.4 Å². The molecule has 0 spiro atoms. The minimum Gasteiger partial charge on any atom is -0.481 e. The topological polar surface area (TPSA) is 105 Å². The van der Waals surface area contributed by atoms with Crippen LogP contribution in [0, 0.1) is 19.8 Å². The highest BCUT2D eigenvalue weighted by Gasteiger charge is 2.26. The number of aliphatic carboxylic acids is 1. The van der Waals surface area contributed by atoms with Crippen molar-refractivity contribution in [3.8, 4) is 5.75 Å². The van der Waals surface area contributed by atoms with Crippen molar-refractivity contribution in [2.75, 3.05) is 0 Å². The van der Waals surface area contributed by atoms with Gasteiger partial charge >= 0.3 is 12.1 Å². The van der Waals surface area contributed by atoms with Gasteiger partial charge in [-0.05, 0) is 68.4 Å². The Bertz CT molecular complexity index is 1160. The molecule has 2 aromatic carbocycles. The van der Waals surface area contributed by atoms with Gasteiger partial charge < -0.3 is 20.5 Å². The molecule has 0 bridgehead atoms. The maximum absolute atomic E-state index is 13.6. The van der Waals surface area contributed by atoms with Gasteiger partial charge in [0.15, 0.2) is 0 Å². The van der Waals surface area contributed by atoms with Crippen LogP contribution in [0.2, 0.25) is 0 Å². The molecule has 0 radical (unpaired) electrons. The molecule has 0 saturated heterocycles. The number of rotatable bonds is 10. The average molecular weight is 505 g/mol. The van der Waals surface area contributed by atoms with Crippen LogP contribution in [0.15, 0.2) is 71.8 Å². The van der Waals surface area contributed by atoms with E-state index in [2.05, 4.69) is 42.7 Å². The van der Waals surface area contributed by atoms with Crippen molar-refractivity contribution in [1.82, 2.24) is 10.6 Å². The number of hydrogen-bond acceptors (Lipinski definition) is 4. The number of hydrogen-bond donors (Lipinski definition) is 3. The molecule has 3 rings (SSSR count). The molecular formula is C30H36N2O5. The third-order valence-corrected chi connectivity index (χ3v) is 6.10. The third kappa shape index (κ3) is 8.63. The zero-order valence-electron chi connectivity index (χ0n) is 21.9. The van der Waals surface area contributed by atoms with E-state index < -0.39 is 18.1 Å². The number of nitrogens with one attached hydrogen (secondary N) is 2. The Kier molecular flexibility index (Phi) is 9.66. The number of carbonyl (C=O) groups excluding carboxylic acids is 2. The molecule has 1 aliphatic rings. The maximum Gasteiger partial charge on any atom is 0.413 e. The fourth-order valence-corrected chi connectivity index (χ4v) is 4.53.